The molecule has 1 N–H and O–H groups in total. The molecule has 0 aliphatic carbocycles. The Morgan fingerprint density at radius 1 is 1.12 bits per heavy atom. The second kappa shape index (κ2) is 7.62. The zero-order valence-electron chi connectivity index (χ0n) is 15.1. The van der Waals surface area contributed by atoms with Gasteiger partial charge in [0, 0.05) is 24.3 Å². The largest absolute Gasteiger partial charge is 0.361 e. The fourth-order valence-electron chi connectivity index (χ4n) is 3.10. The summed E-state index contributed by atoms with van der Waals surface area (Å²) in [5.74, 6) is 0.0168. The van der Waals surface area contributed by atoms with Crippen molar-refractivity contribution in [3.8, 4) is 0 Å². The van der Waals surface area contributed by atoms with Gasteiger partial charge in [0.05, 0.1) is 0 Å². The van der Waals surface area contributed by atoms with Gasteiger partial charge in [-0.05, 0) is 32.3 Å². The van der Waals surface area contributed by atoms with Gasteiger partial charge in [0.15, 0.2) is 0 Å². The van der Waals surface area contributed by atoms with E-state index in [-0.39, 0.29) is 18.2 Å². The third-order valence-electron chi connectivity index (χ3n) is 4.00. The lowest BCUT2D eigenvalue weighted by Crippen LogP contribution is -2.36. The van der Waals surface area contributed by atoms with Gasteiger partial charge in [0.2, 0.25) is 0 Å². The standard InChI is InChI=1S/C19H26N2O3/c1-6-24-11-21-16(10-15-8-13(4)7-14(5)9-15)17(12(2)3)18(22)20-19(21)23/h7-9,12H,6,10-11H2,1-5H3,(H,20,22,23). The molecule has 1 heterocycles. The number of benzene rings is 1. The Morgan fingerprint density at radius 3 is 2.29 bits per heavy atom. The molecule has 130 valence electrons. The fourth-order valence-corrected chi connectivity index (χ4v) is 3.10. The van der Waals surface area contributed by atoms with Crippen LogP contribution in [0, 0.1) is 13.8 Å². The van der Waals surface area contributed by atoms with Gasteiger partial charge in [-0.1, -0.05) is 43.2 Å². The number of ether oxygens (including phenoxy) is 1. The smallest absolute Gasteiger partial charge is 0.330 e. The van der Waals surface area contributed by atoms with Crippen LogP contribution in [0.3, 0.4) is 0 Å². The summed E-state index contributed by atoms with van der Waals surface area (Å²) in [5, 5.41) is 0. The third-order valence-corrected chi connectivity index (χ3v) is 4.00. The van der Waals surface area contributed by atoms with Crippen molar-refractivity contribution in [1.82, 2.24) is 9.55 Å². The zero-order chi connectivity index (χ0) is 17.9. The highest BCUT2D eigenvalue weighted by atomic mass is 16.5. The summed E-state index contributed by atoms with van der Waals surface area (Å²) in [6.45, 7) is 10.5. The first-order valence-electron chi connectivity index (χ1n) is 8.34. The average Bonchev–Trinajstić information content (AvgIpc) is 2.45. The van der Waals surface area contributed by atoms with E-state index in [1.807, 2.05) is 34.6 Å². The second-order valence-corrected chi connectivity index (χ2v) is 6.50. The molecule has 0 saturated heterocycles. The van der Waals surface area contributed by atoms with E-state index in [1.165, 1.54) is 15.7 Å². The van der Waals surface area contributed by atoms with E-state index in [0.29, 0.717) is 18.6 Å². The van der Waals surface area contributed by atoms with Crippen molar-refractivity contribution in [3.63, 3.8) is 0 Å². The van der Waals surface area contributed by atoms with Crippen LogP contribution in [0.25, 0.3) is 0 Å². The maximum Gasteiger partial charge on any atom is 0.330 e. The van der Waals surface area contributed by atoms with Crippen molar-refractivity contribution in [1.29, 1.82) is 0 Å². The van der Waals surface area contributed by atoms with E-state index >= 15 is 0 Å². The van der Waals surface area contributed by atoms with Gasteiger partial charge in [-0.3, -0.25) is 14.3 Å². The number of hydrogen-bond donors (Lipinski definition) is 1. The SMILES string of the molecule is CCOCn1c(Cc2cc(C)cc(C)c2)c(C(C)C)c(=O)[nH]c1=O. The molecule has 0 bridgehead atoms. The minimum Gasteiger partial charge on any atom is -0.361 e. The molecule has 0 aliphatic heterocycles. The predicted molar refractivity (Wildman–Crippen MR) is 95.8 cm³/mol. The molecule has 0 saturated carbocycles. The van der Waals surface area contributed by atoms with Gasteiger partial charge < -0.3 is 4.74 Å². The molecule has 0 radical (unpaired) electrons. The van der Waals surface area contributed by atoms with Crippen molar-refractivity contribution in [2.24, 2.45) is 0 Å². The highest BCUT2D eigenvalue weighted by molar-refractivity contribution is 5.34. The van der Waals surface area contributed by atoms with E-state index in [2.05, 4.69) is 23.2 Å². The van der Waals surface area contributed by atoms with E-state index in [4.69, 9.17) is 4.74 Å². The molecule has 0 fully saturated rings. The van der Waals surface area contributed by atoms with Crippen LogP contribution in [0.15, 0.2) is 27.8 Å². The molecule has 5 heteroatoms. The summed E-state index contributed by atoms with van der Waals surface area (Å²) in [6.07, 6.45) is 0.530. The first-order chi connectivity index (χ1) is 11.3. The number of rotatable bonds is 6. The van der Waals surface area contributed by atoms with Crippen LogP contribution in [0.4, 0.5) is 0 Å². The highest BCUT2D eigenvalue weighted by Crippen LogP contribution is 2.19. The number of aromatic amines is 1. The van der Waals surface area contributed by atoms with Gasteiger partial charge in [-0.2, -0.15) is 0 Å². The Kier molecular flexibility index (Phi) is 5.78. The lowest BCUT2D eigenvalue weighted by atomic mass is 9.96. The van der Waals surface area contributed by atoms with Crippen molar-refractivity contribution >= 4 is 0 Å². The number of aromatic nitrogens is 2. The van der Waals surface area contributed by atoms with Gasteiger partial charge >= 0.3 is 5.69 Å². The van der Waals surface area contributed by atoms with E-state index in [0.717, 1.165) is 11.3 Å². The Balaban J connectivity index is 2.63. The molecule has 2 aromatic rings. The van der Waals surface area contributed by atoms with Crippen LogP contribution in [-0.4, -0.2) is 16.2 Å². The molecule has 1 aromatic carbocycles. The monoisotopic (exact) mass is 330 g/mol. The summed E-state index contributed by atoms with van der Waals surface area (Å²) >= 11 is 0. The lowest BCUT2D eigenvalue weighted by molar-refractivity contribution is 0.0821. The summed E-state index contributed by atoms with van der Waals surface area (Å²) in [5.41, 5.74) is 4.08. The molecule has 1 aromatic heterocycles. The van der Waals surface area contributed by atoms with Crippen molar-refractivity contribution in [2.45, 2.75) is 53.7 Å². The fraction of sp³-hybridized carbons (Fsp3) is 0.474. The Labute approximate surface area is 142 Å². The predicted octanol–water partition coefficient (Wildman–Crippen LogP) is 2.86. The lowest BCUT2D eigenvalue weighted by Gasteiger charge is -2.18. The first-order valence-corrected chi connectivity index (χ1v) is 8.34. The normalized spacial score (nSPS) is 11.2. The zero-order valence-corrected chi connectivity index (χ0v) is 15.1. The number of H-pyrrole nitrogens is 1. The first kappa shape index (κ1) is 18.2. The topological polar surface area (TPSA) is 64.1 Å². The molecule has 2 rings (SSSR count). The highest BCUT2D eigenvalue weighted by Gasteiger charge is 2.18. The molecule has 0 spiro atoms. The van der Waals surface area contributed by atoms with Gasteiger partial charge in [-0.25, -0.2) is 4.79 Å². The minimum atomic E-state index is -0.419. The molecular weight excluding hydrogens is 304 g/mol. The van der Waals surface area contributed by atoms with Gasteiger partial charge in [0.25, 0.3) is 5.56 Å². The van der Waals surface area contributed by atoms with Crippen molar-refractivity contribution in [2.75, 3.05) is 6.61 Å². The van der Waals surface area contributed by atoms with Gasteiger partial charge in [-0.15, -0.1) is 0 Å². The number of hydrogen-bond acceptors (Lipinski definition) is 3. The van der Waals surface area contributed by atoms with Crippen LogP contribution >= 0.6 is 0 Å². The van der Waals surface area contributed by atoms with Crippen molar-refractivity contribution < 1.29 is 4.74 Å². The molecule has 0 aliphatic rings. The maximum absolute atomic E-state index is 12.3. The van der Waals surface area contributed by atoms with Crippen LogP contribution in [0.5, 0.6) is 0 Å². The quantitative estimate of drug-likeness (QED) is 0.886. The molecular formula is C19H26N2O3. The second-order valence-electron chi connectivity index (χ2n) is 6.50. The number of nitrogens with one attached hydrogen (secondary N) is 1. The Hall–Kier alpha value is -2.14. The van der Waals surface area contributed by atoms with Crippen molar-refractivity contribution in [3.05, 3.63) is 67.0 Å². The van der Waals surface area contributed by atoms with Crippen LogP contribution in [0.1, 0.15) is 54.6 Å². The summed E-state index contributed by atoms with van der Waals surface area (Å²) in [4.78, 5) is 27.1. The summed E-state index contributed by atoms with van der Waals surface area (Å²) in [6, 6.07) is 6.29. The number of nitrogens with zero attached hydrogens (tertiary/aromatic N) is 1. The molecule has 0 atom stereocenters. The molecule has 24 heavy (non-hydrogen) atoms. The summed E-state index contributed by atoms with van der Waals surface area (Å²) < 4.78 is 6.98. The average molecular weight is 330 g/mol. The maximum atomic E-state index is 12.3. The Morgan fingerprint density at radius 2 is 1.75 bits per heavy atom. The van der Waals surface area contributed by atoms with Gasteiger partial charge in [0.1, 0.15) is 6.73 Å². The number of aryl methyl sites for hydroxylation is 2. The molecule has 0 amide bonds. The van der Waals surface area contributed by atoms with Crippen LogP contribution < -0.4 is 11.2 Å². The van der Waals surface area contributed by atoms with Crippen LogP contribution in [0.2, 0.25) is 0 Å². The van der Waals surface area contributed by atoms with E-state index in [1.54, 1.807) is 0 Å². The molecule has 0 unspecified atom stereocenters. The van der Waals surface area contributed by atoms with E-state index < -0.39 is 5.69 Å². The third kappa shape index (κ3) is 4.03. The Bertz CT molecular complexity index is 811. The van der Waals surface area contributed by atoms with Crippen LogP contribution in [-0.2, 0) is 17.9 Å². The summed E-state index contributed by atoms with van der Waals surface area (Å²) in [7, 11) is 0. The van der Waals surface area contributed by atoms with E-state index in [9.17, 15) is 9.59 Å². The molecule has 5 nitrogen and oxygen atoms in total. The minimum absolute atomic E-state index is 0.0168.